The molecule has 1 aromatic rings. The standard InChI is InChI=1S/C10H12N3O9P/c11-5-1-2-13(9(15)12-5)8-6(14)7(22-23(18)19)4(21-8)3-20-10(16)17/h1-2,4,6-8,14H,3H2,(H3-,11,12,15,16,17,18,19)/p+1/t4-,6-,7-,8-/m1/s1. The van der Waals surface area contributed by atoms with E-state index in [9.17, 15) is 19.3 Å². The molecule has 2 heterocycles. The lowest BCUT2D eigenvalue weighted by Gasteiger charge is -2.16. The Morgan fingerprint density at radius 1 is 1.57 bits per heavy atom. The van der Waals surface area contributed by atoms with E-state index < -0.39 is 51.2 Å². The SMILES string of the molecule is Nc1ccn([C@@H]2O[C@H](COC(=O)O)[C@@H](O[P+](=O)O)[C@H]2O)c(=O)n1. The maximum atomic E-state index is 11.8. The van der Waals surface area contributed by atoms with Gasteiger partial charge in [-0.25, -0.2) is 9.59 Å². The minimum absolute atomic E-state index is 0.0456. The summed E-state index contributed by atoms with van der Waals surface area (Å²) in [7, 11) is -3.11. The average Bonchev–Trinajstić information content (AvgIpc) is 2.73. The highest BCUT2D eigenvalue weighted by Gasteiger charge is 2.50. The molecule has 0 radical (unpaired) electrons. The van der Waals surface area contributed by atoms with E-state index in [1.54, 1.807) is 0 Å². The van der Waals surface area contributed by atoms with Crippen LogP contribution in [0.5, 0.6) is 0 Å². The third-order valence-corrected chi connectivity index (χ3v) is 3.44. The summed E-state index contributed by atoms with van der Waals surface area (Å²) in [5, 5.41) is 18.7. The van der Waals surface area contributed by atoms with Crippen molar-refractivity contribution in [1.82, 2.24) is 9.55 Å². The third-order valence-electron chi connectivity index (χ3n) is 3.02. The fourth-order valence-electron chi connectivity index (χ4n) is 2.09. The zero-order valence-electron chi connectivity index (χ0n) is 11.4. The minimum Gasteiger partial charge on any atom is -0.450 e. The second-order valence-electron chi connectivity index (χ2n) is 4.48. The van der Waals surface area contributed by atoms with E-state index in [0.717, 1.165) is 4.57 Å². The van der Waals surface area contributed by atoms with Crippen LogP contribution in [0.2, 0.25) is 0 Å². The summed E-state index contributed by atoms with van der Waals surface area (Å²) < 4.78 is 26.0. The Balaban J connectivity index is 2.26. The van der Waals surface area contributed by atoms with Crippen LogP contribution >= 0.6 is 8.25 Å². The number of carboxylic acid groups (broad SMARTS) is 1. The molecule has 0 saturated carbocycles. The molecule has 1 unspecified atom stereocenters. The molecule has 1 aliphatic rings. The Morgan fingerprint density at radius 3 is 2.83 bits per heavy atom. The Bertz CT molecular complexity index is 665. The number of anilines is 1. The largest absolute Gasteiger partial charge is 0.695 e. The number of aliphatic hydroxyl groups excluding tert-OH is 1. The fourth-order valence-corrected chi connectivity index (χ4v) is 2.56. The van der Waals surface area contributed by atoms with Crippen molar-refractivity contribution in [3.05, 3.63) is 22.7 Å². The molecular formula is C10H13N3O9P+. The molecule has 13 heteroatoms. The van der Waals surface area contributed by atoms with Crippen molar-refractivity contribution in [2.45, 2.75) is 24.5 Å². The second-order valence-corrected chi connectivity index (χ2v) is 5.17. The summed E-state index contributed by atoms with van der Waals surface area (Å²) in [4.78, 5) is 34.5. The number of carbonyl (C=O) groups is 1. The van der Waals surface area contributed by atoms with Crippen LogP contribution in [0.25, 0.3) is 0 Å². The topological polar surface area (TPSA) is 183 Å². The van der Waals surface area contributed by atoms with Crippen molar-refractivity contribution in [3.63, 3.8) is 0 Å². The van der Waals surface area contributed by atoms with Gasteiger partial charge in [0.2, 0.25) is 0 Å². The van der Waals surface area contributed by atoms with Gasteiger partial charge in [-0.1, -0.05) is 0 Å². The van der Waals surface area contributed by atoms with Gasteiger partial charge in [-0.05, 0) is 6.07 Å². The number of nitrogens with zero attached hydrogens (tertiary/aromatic N) is 2. The number of nitrogens with two attached hydrogens (primary N) is 1. The molecule has 0 aromatic carbocycles. The van der Waals surface area contributed by atoms with Crippen LogP contribution < -0.4 is 11.4 Å². The molecule has 1 saturated heterocycles. The first-order valence-electron chi connectivity index (χ1n) is 6.16. The summed E-state index contributed by atoms with van der Waals surface area (Å²) >= 11 is 0. The fraction of sp³-hybridized carbons (Fsp3) is 0.500. The van der Waals surface area contributed by atoms with Crippen LogP contribution in [0.4, 0.5) is 10.6 Å². The van der Waals surface area contributed by atoms with Crippen LogP contribution in [-0.2, 0) is 18.6 Å². The smallest absolute Gasteiger partial charge is 0.450 e. The van der Waals surface area contributed by atoms with Gasteiger partial charge in [0.05, 0.1) is 0 Å². The van der Waals surface area contributed by atoms with Crippen molar-refractivity contribution in [2.75, 3.05) is 12.3 Å². The Kier molecular flexibility index (Phi) is 5.23. The van der Waals surface area contributed by atoms with Gasteiger partial charge in [0.1, 0.15) is 24.6 Å². The maximum Gasteiger partial charge on any atom is 0.695 e. The van der Waals surface area contributed by atoms with Crippen LogP contribution in [-0.4, -0.2) is 55.7 Å². The number of hydrogen-bond donors (Lipinski definition) is 4. The van der Waals surface area contributed by atoms with Crippen LogP contribution in [0, 0.1) is 0 Å². The molecular weight excluding hydrogens is 337 g/mol. The Labute approximate surface area is 129 Å². The van der Waals surface area contributed by atoms with Crippen LogP contribution in [0.1, 0.15) is 6.23 Å². The highest BCUT2D eigenvalue weighted by Crippen LogP contribution is 2.35. The highest BCUT2D eigenvalue weighted by atomic mass is 31.1. The van der Waals surface area contributed by atoms with E-state index in [2.05, 4.69) is 14.2 Å². The second kappa shape index (κ2) is 6.98. The molecule has 0 aliphatic carbocycles. The molecule has 5 atom stereocenters. The Morgan fingerprint density at radius 2 is 2.26 bits per heavy atom. The van der Waals surface area contributed by atoms with E-state index in [1.165, 1.54) is 12.3 Å². The monoisotopic (exact) mass is 350 g/mol. The molecule has 1 aliphatic heterocycles. The zero-order chi connectivity index (χ0) is 17.1. The van der Waals surface area contributed by atoms with Gasteiger partial charge in [0.15, 0.2) is 12.3 Å². The molecule has 12 nitrogen and oxygen atoms in total. The van der Waals surface area contributed by atoms with Gasteiger partial charge in [-0.3, -0.25) is 4.57 Å². The quantitative estimate of drug-likeness (QED) is 0.370. The van der Waals surface area contributed by atoms with Crippen LogP contribution in [0.3, 0.4) is 0 Å². The molecule has 23 heavy (non-hydrogen) atoms. The number of aromatic nitrogens is 2. The van der Waals surface area contributed by atoms with E-state index >= 15 is 0 Å². The molecule has 1 fully saturated rings. The van der Waals surface area contributed by atoms with Crippen molar-refractivity contribution in [2.24, 2.45) is 0 Å². The molecule has 126 valence electrons. The lowest BCUT2D eigenvalue weighted by Crippen LogP contribution is -2.37. The van der Waals surface area contributed by atoms with Gasteiger partial charge in [-0.2, -0.15) is 4.98 Å². The van der Waals surface area contributed by atoms with Gasteiger partial charge in [-0.15, -0.1) is 9.42 Å². The number of nitrogen functional groups attached to an aromatic ring is 1. The van der Waals surface area contributed by atoms with Crippen molar-refractivity contribution in [1.29, 1.82) is 0 Å². The number of hydrogen-bond acceptors (Lipinski definition) is 9. The van der Waals surface area contributed by atoms with E-state index in [4.69, 9.17) is 20.5 Å². The summed E-state index contributed by atoms with van der Waals surface area (Å²) in [5.41, 5.74) is 4.52. The molecule has 5 N–H and O–H groups in total. The summed E-state index contributed by atoms with van der Waals surface area (Å²) in [6, 6.07) is 1.28. The first kappa shape index (κ1) is 17.2. The molecule has 0 amide bonds. The zero-order valence-corrected chi connectivity index (χ0v) is 12.3. The van der Waals surface area contributed by atoms with Gasteiger partial charge in [0.25, 0.3) is 0 Å². The van der Waals surface area contributed by atoms with E-state index in [0.29, 0.717) is 0 Å². The van der Waals surface area contributed by atoms with Gasteiger partial charge < -0.3 is 25.4 Å². The predicted molar refractivity (Wildman–Crippen MR) is 71.5 cm³/mol. The predicted octanol–water partition coefficient (Wildman–Crippen LogP) is -1.19. The summed E-state index contributed by atoms with van der Waals surface area (Å²) in [5.74, 6) is -0.0456. The molecule has 1 aromatic heterocycles. The molecule has 2 rings (SSSR count). The number of rotatable bonds is 5. The van der Waals surface area contributed by atoms with Crippen LogP contribution in [0.15, 0.2) is 17.1 Å². The normalized spacial score (nSPS) is 27.7. The lowest BCUT2D eigenvalue weighted by atomic mass is 10.1. The lowest BCUT2D eigenvalue weighted by molar-refractivity contribution is -0.0603. The molecule has 0 bridgehead atoms. The van der Waals surface area contributed by atoms with Gasteiger partial charge in [0, 0.05) is 10.8 Å². The van der Waals surface area contributed by atoms with Crippen molar-refractivity contribution >= 4 is 20.2 Å². The minimum atomic E-state index is -3.11. The number of ether oxygens (including phenoxy) is 2. The van der Waals surface area contributed by atoms with Crippen molar-refractivity contribution < 1.29 is 38.5 Å². The average molecular weight is 350 g/mol. The maximum absolute atomic E-state index is 11.8. The van der Waals surface area contributed by atoms with E-state index in [1.807, 2.05) is 0 Å². The molecule has 0 spiro atoms. The first-order chi connectivity index (χ1) is 10.8. The summed E-state index contributed by atoms with van der Waals surface area (Å²) in [6.07, 6.45) is -5.87. The number of aliphatic hydroxyl groups is 1. The Hall–Kier alpha value is -2.11. The first-order valence-corrected chi connectivity index (χ1v) is 7.29. The van der Waals surface area contributed by atoms with E-state index in [-0.39, 0.29) is 5.82 Å². The summed E-state index contributed by atoms with van der Waals surface area (Å²) in [6.45, 7) is -0.576. The third kappa shape index (κ3) is 4.00. The highest BCUT2D eigenvalue weighted by molar-refractivity contribution is 7.32. The van der Waals surface area contributed by atoms with Crippen molar-refractivity contribution in [3.8, 4) is 0 Å². The van der Waals surface area contributed by atoms with Gasteiger partial charge >= 0.3 is 20.1 Å².